The van der Waals surface area contributed by atoms with Crippen LogP contribution in [0, 0.1) is 5.82 Å². The maximum absolute atomic E-state index is 13.2. The van der Waals surface area contributed by atoms with E-state index in [1.807, 2.05) is 6.07 Å². The van der Waals surface area contributed by atoms with Gasteiger partial charge in [0.2, 0.25) is 5.79 Å². The molecule has 3 nitrogen and oxygen atoms in total. The number of hydrogen-bond acceptors (Lipinski definition) is 3. The zero-order valence-corrected chi connectivity index (χ0v) is 12.2. The molecule has 2 saturated heterocycles. The summed E-state index contributed by atoms with van der Waals surface area (Å²) >= 11 is 0. The molecule has 22 heavy (non-hydrogen) atoms. The number of hydrogen-bond donors (Lipinski definition) is 0. The Bertz CT molecular complexity index is 646. The summed E-state index contributed by atoms with van der Waals surface area (Å²) in [7, 11) is 0. The molecule has 114 valence electrons. The molecule has 2 unspecified atom stereocenters. The summed E-state index contributed by atoms with van der Waals surface area (Å²) < 4.78 is 25.2. The maximum Gasteiger partial charge on any atom is 0.208 e. The minimum absolute atomic E-state index is 0.0718. The number of benzene rings is 2. The Labute approximate surface area is 129 Å². The van der Waals surface area contributed by atoms with Crippen molar-refractivity contribution in [2.24, 2.45) is 0 Å². The third-order valence-corrected chi connectivity index (χ3v) is 4.29. The summed E-state index contributed by atoms with van der Waals surface area (Å²) in [5.74, 6) is -1.00. The second-order valence-electron chi connectivity index (χ2n) is 5.97. The number of ether oxygens (including phenoxy) is 2. The number of rotatable bonds is 3. The first-order valence-electron chi connectivity index (χ1n) is 7.58. The van der Waals surface area contributed by atoms with Gasteiger partial charge in [-0.25, -0.2) is 4.39 Å². The van der Waals surface area contributed by atoms with E-state index in [-0.39, 0.29) is 11.9 Å². The van der Waals surface area contributed by atoms with Crippen LogP contribution in [0.4, 0.5) is 4.39 Å². The van der Waals surface area contributed by atoms with Crippen molar-refractivity contribution in [2.75, 3.05) is 19.7 Å². The van der Waals surface area contributed by atoms with Crippen molar-refractivity contribution in [1.82, 2.24) is 4.90 Å². The first-order chi connectivity index (χ1) is 10.7. The average molecular weight is 299 g/mol. The highest BCUT2D eigenvalue weighted by molar-refractivity contribution is 5.24. The van der Waals surface area contributed by atoms with E-state index in [2.05, 4.69) is 29.2 Å². The molecule has 0 saturated carbocycles. The number of nitrogens with zero attached hydrogens (tertiary/aromatic N) is 1. The monoisotopic (exact) mass is 299 g/mol. The number of halogens is 1. The van der Waals surface area contributed by atoms with E-state index in [0.29, 0.717) is 13.2 Å². The summed E-state index contributed by atoms with van der Waals surface area (Å²) in [6, 6.07) is 16.8. The molecule has 2 aliphatic heterocycles. The van der Waals surface area contributed by atoms with Crippen LogP contribution in [0.1, 0.15) is 11.1 Å². The van der Waals surface area contributed by atoms with E-state index >= 15 is 0 Å². The van der Waals surface area contributed by atoms with Gasteiger partial charge in [-0.15, -0.1) is 0 Å². The molecule has 0 spiro atoms. The molecule has 4 rings (SSSR count). The standard InChI is InChI=1S/C18H18FNO2/c19-16-8-6-15(7-9-16)18-13-20(11-17(22-18)12-21-18)10-14-4-2-1-3-5-14/h1-9,17H,10-13H2. The zero-order chi connectivity index (χ0) is 15.0. The highest BCUT2D eigenvalue weighted by Crippen LogP contribution is 2.39. The molecular weight excluding hydrogens is 281 g/mol. The lowest BCUT2D eigenvalue weighted by Gasteiger charge is -2.38. The summed E-state index contributed by atoms with van der Waals surface area (Å²) in [6.07, 6.45) is 0.0718. The van der Waals surface area contributed by atoms with Crippen molar-refractivity contribution in [1.29, 1.82) is 0 Å². The Morgan fingerprint density at radius 2 is 1.86 bits per heavy atom. The molecular formula is C18H18FNO2. The number of fused-ring (bicyclic) bond motifs is 2. The van der Waals surface area contributed by atoms with Crippen molar-refractivity contribution in [3.8, 4) is 0 Å². The van der Waals surface area contributed by atoms with E-state index in [9.17, 15) is 4.39 Å². The zero-order valence-electron chi connectivity index (χ0n) is 12.2. The predicted octanol–water partition coefficient (Wildman–Crippen LogP) is 2.91. The molecule has 0 N–H and O–H groups in total. The molecule has 2 bridgehead atoms. The first kappa shape index (κ1) is 13.9. The van der Waals surface area contributed by atoms with Crippen LogP contribution in [0.5, 0.6) is 0 Å². The van der Waals surface area contributed by atoms with Gasteiger partial charge >= 0.3 is 0 Å². The fourth-order valence-electron chi connectivity index (χ4n) is 3.29. The summed E-state index contributed by atoms with van der Waals surface area (Å²) in [6.45, 7) is 2.97. The highest BCUT2D eigenvalue weighted by Gasteiger charge is 2.48. The van der Waals surface area contributed by atoms with Crippen molar-refractivity contribution >= 4 is 0 Å². The van der Waals surface area contributed by atoms with E-state index in [1.54, 1.807) is 12.1 Å². The van der Waals surface area contributed by atoms with Crippen molar-refractivity contribution in [2.45, 2.75) is 18.4 Å². The van der Waals surface area contributed by atoms with Gasteiger partial charge in [-0.2, -0.15) is 0 Å². The van der Waals surface area contributed by atoms with Gasteiger partial charge in [-0.3, -0.25) is 4.90 Å². The molecule has 2 aromatic carbocycles. The van der Waals surface area contributed by atoms with Gasteiger partial charge in [0.15, 0.2) is 0 Å². The molecule has 2 heterocycles. The van der Waals surface area contributed by atoms with Gasteiger partial charge < -0.3 is 9.47 Å². The second-order valence-corrected chi connectivity index (χ2v) is 5.97. The van der Waals surface area contributed by atoms with Gasteiger partial charge in [0.25, 0.3) is 0 Å². The minimum atomic E-state index is -0.759. The van der Waals surface area contributed by atoms with Gasteiger partial charge in [0.1, 0.15) is 5.82 Å². The smallest absolute Gasteiger partial charge is 0.208 e. The Balaban J connectivity index is 1.57. The van der Waals surface area contributed by atoms with Crippen LogP contribution in [0.15, 0.2) is 54.6 Å². The quantitative estimate of drug-likeness (QED) is 0.870. The topological polar surface area (TPSA) is 21.7 Å². The Hall–Kier alpha value is -1.75. The average Bonchev–Trinajstić information content (AvgIpc) is 2.85. The second kappa shape index (κ2) is 5.47. The third kappa shape index (κ3) is 2.54. The maximum atomic E-state index is 13.2. The Morgan fingerprint density at radius 3 is 2.64 bits per heavy atom. The van der Waals surface area contributed by atoms with Gasteiger partial charge in [0, 0.05) is 18.7 Å². The molecule has 2 aliphatic rings. The molecule has 2 fully saturated rings. The van der Waals surface area contributed by atoms with E-state index in [0.717, 1.165) is 18.7 Å². The highest BCUT2D eigenvalue weighted by atomic mass is 19.1. The molecule has 0 amide bonds. The largest absolute Gasteiger partial charge is 0.342 e. The lowest BCUT2D eigenvalue weighted by Crippen LogP contribution is -2.48. The van der Waals surface area contributed by atoms with Crippen LogP contribution in [-0.2, 0) is 21.8 Å². The van der Waals surface area contributed by atoms with E-state index in [4.69, 9.17) is 9.47 Å². The summed E-state index contributed by atoms with van der Waals surface area (Å²) in [4.78, 5) is 2.35. The van der Waals surface area contributed by atoms with Gasteiger partial charge in [-0.1, -0.05) is 42.5 Å². The lowest BCUT2D eigenvalue weighted by molar-refractivity contribution is -0.214. The molecule has 0 aliphatic carbocycles. The van der Waals surface area contributed by atoms with E-state index < -0.39 is 5.79 Å². The van der Waals surface area contributed by atoms with Crippen LogP contribution < -0.4 is 0 Å². The first-order valence-corrected chi connectivity index (χ1v) is 7.58. The fraction of sp³-hybridized carbons (Fsp3) is 0.333. The summed E-state index contributed by atoms with van der Waals surface area (Å²) in [5, 5.41) is 0. The fourth-order valence-corrected chi connectivity index (χ4v) is 3.29. The molecule has 4 heteroatoms. The van der Waals surface area contributed by atoms with Gasteiger partial charge in [0.05, 0.1) is 19.3 Å². The van der Waals surface area contributed by atoms with Crippen molar-refractivity contribution < 1.29 is 13.9 Å². The van der Waals surface area contributed by atoms with Crippen LogP contribution in [0.3, 0.4) is 0 Å². The SMILES string of the molecule is Fc1ccc(C23CN(Cc4ccccc4)CC(CO2)O3)cc1. The molecule has 2 atom stereocenters. The van der Waals surface area contributed by atoms with E-state index in [1.165, 1.54) is 17.7 Å². The van der Waals surface area contributed by atoms with Crippen LogP contribution in [0.25, 0.3) is 0 Å². The molecule has 0 aromatic heterocycles. The van der Waals surface area contributed by atoms with Crippen molar-refractivity contribution in [3.05, 3.63) is 71.5 Å². The lowest BCUT2D eigenvalue weighted by atomic mass is 10.0. The predicted molar refractivity (Wildman–Crippen MR) is 80.6 cm³/mol. The number of morpholine rings is 1. The van der Waals surface area contributed by atoms with Gasteiger partial charge in [-0.05, 0) is 17.7 Å². The Morgan fingerprint density at radius 1 is 1.09 bits per heavy atom. The van der Waals surface area contributed by atoms with Crippen LogP contribution in [0.2, 0.25) is 0 Å². The minimum Gasteiger partial charge on any atom is -0.342 e. The van der Waals surface area contributed by atoms with Crippen LogP contribution >= 0.6 is 0 Å². The molecule has 0 radical (unpaired) electrons. The normalized spacial score (nSPS) is 28.0. The summed E-state index contributed by atoms with van der Waals surface area (Å²) in [5.41, 5.74) is 2.16. The van der Waals surface area contributed by atoms with Crippen molar-refractivity contribution in [3.63, 3.8) is 0 Å². The third-order valence-electron chi connectivity index (χ3n) is 4.29. The molecule has 2 aromatic rings. The Kier molecular flexibility index (Phi) is 3.45. The van der Waals surface area contributed by atoms with Crippen LogP contribution in [-0.4, -0.2) is 30.7 Å².